The number of anilines is 1. The van der Waals surface area contributed by atoms with Gasteiger partial charge in [0.05, 0.1) is 24.2 Å². The van der Waals surface area contributed by atoms with Crippen LogP contribution in [-0.2, 0) is 22.2 Å². The molecule has 2 N–H and O–H groups in total. The zero-order chi connectivity index (χ0) is 29.7. The Morgan fingerprint density at radius 3 is 2.03 bits per heavy atom. The molecule has 0 radical (unpaired) electrons. The van der Waals surface area contributed by atoms with Crippen LogP contribution in [0.25, 0.3) is 22.0 Å². The van der Waals surface area contributed by atoms with Gasteiger partial charge in [0, 0.05) is 23.4 Å². The van der Waals surface area contributed by atoms with Crippen LogP contribution in [0.3, 0.4) is 0 Å². The molecule has 6 nitrogen and oxygen atoms in total. The molecule has 2 aromatic carbocycles. The van der Waals surface area contributed by atoms with Crippen molar-refractivity contribution >= 4 is 33.5 Å². The van der Waals surface area contributed by atoms with Gasteiger partial charge in [-0.25, -0.2) is 4.21 Å². The molecule has 0 bridgehead atoms. The van der Waals surface area contributed by atoms with Crippen LogP contribution >= 0.6 is 0 Å². The van der Waals surface area contributed by atoms with E-state index < -0.39 is 17.0 Å². The maximum Gasteiger partial charge on any atom is 0.307 e. The molecule has 210 valence electrons. The summed E-state index contributed by atoms with van der Waals surface area (Å²) in [6.07, 6.45) is 10.8. The summed E-state index contributed by atoms with van der Waals surface area (Å²) in [6.45, 7) is 18.9. The molecule has 2 unspecified atom stereocenters. The SMILES string of the molecule is C#C.CC.CC.CCC.Cc1c(CC(=O)O)c(-c2ccc(O)cc2)c2cc(C)n3c2c1N(S(C)=O)CC3C. The van der Waals surface area contributed by atoms with Gasteiger partial charge in [-0.3, -0.25) is 9.10 Å². The van der Waals surface area contributed by atoms with Crippen molar-refractivity contribution in [1.29, 1.82) is 0 Å². The molecule has 2 heterocycles. The summed E-state index contributed by atoms with van der Waals surface area (Å²) >= 11 is 0. The van der Waals surface area contributed by atoms with Crippen LogP contribution < -0.4 is 4.31 Å². The Bertz CT molecular complexity index is 1230. The Kier molecular flexibility index (Phi) is 15.2. The lowest BCUT2D eigenvalue weighted by molar-refractivity contribution is -0.136. The second kappa shape index (κ2) is 16.6. The number of nitrogens with zero attached hydrogens (tertiary/aromatic N) is 2. The number of carbonyl (C=O) groups is 1. The summed E-state index contributed by atoms with van der Waals surface area (Å²) in [4.78, 5) is 11.7. The number of rotatable bonds is 4. The monoisotopic (exact) mass is 542 g/mol. The van der Waals surface area contributed by atoms with Crippen molar-refractivity contribution in [3.63, 3.8) is 0 Å². The Labute approximate surface area is 232 Å². The molecule has 0 aliphatic carbocycles. The fourth-order valence-corrected chi connectivity index (χ4v) is 5.51. The molecule has 0 amide bonds. The van der Waals surface area contributed by atoms with Gasteiger partial charge in [0.2, 0.25) is 0 Å². The summed E-state index contributed by atoms with van der Waals surface area (Å²) in [5, 5.41) is 20.3. The number of terminal acetylenes is 1. The van der Waals surface area contributed by atoms with Crippen LogP contribution in [-0.4, -0.2) is 37.8 Å². The van der Waals surface area contributed by atoms with Crippen molar-refractivity contribution in [1.82, 2.24) is 4.57 Å². The maximum absolute atomic E-state index is 12.6. The zero-order valence-electron chi connectivity index (χ0n) is 24.8. The van der Waals surface area contributed by atoms with Crippen LogP contribution in [0.2, 0.25) is 0 Å². The van der Waals surface area contributed by atoms with E-state index in [1.807, 2.05) is 58.0 Å². The van der Waals surface area contributed by atoms with E-state index in [4.69, 9.17) is 0 Å². The van der Waals surface area contributed by atoms with Gasteiger partial charge in [-0.2, -0.15) is 0 Å². The summed E-state index contributed by atoms with van der Waals surface area (Å²) < 4.78 is 16.7. The van der Waals surface area contributed by atoms with E-state index in [9.17, 15) is 19.2 Å². The number of carboxylic acid groups (broad SMARTS) is 1. The summed E-state index contributed by atoms with van der Waals surface area (Å²) in [7, 11) is -1.22. The highest BCUT2D eigenvalue weighted by Gasteiger charge is 2.32. The number of hydrogen-bond acceptors (Lipinski definition) is 3. The Morgan fingerprint density at radius 1 is 1.08 bits per heavy atom. The van der Waals surface area contributed by atoms with E-state index in [0.29, 0.717) is 12.1 Å². The predicted octanol–water partition coefficient (Wildman–Crippen LogP) is 7.65. The van der Waals surface area contributed by atoms with Gasteiger partial charge >= 0.3 is 5.97 Å². The highest BCUT2D eigenvalue weighted by atomic mass is 32.2. The number of phenolic OH excluding ortho intramolecular Hbond substituents is 1. The van der Waals surface area contributed by atoms with Crippen molar-refractivity contribution in [2.24, 2.45) is 0 Å². The van der Waals surface area contributed by atoms with E-state index in [-0.39, 0.29) is 18.2 Å². The summed E-state index contributed by atoms with van der Waals surface area (Å²) in [5.74, 6) is -0.752. The van der Waals surface area contributed by atoms with Crippen molar-refractivity contribution in [3.05, 3.63) is 47.2 Å². The molecule has 0 fully saturated rings. The largest absolute Gasteiger partial charge is 0.508 e. The van der Waals surface area contributed by atoms with Gasteiger partial charge in [0.1, 0.15) is 16.7 Å². The van der Waals surface area contributed by atoms with Crippen molar-refractivity contribution in [2.75, 3.05) is 17.1 Å². The highest BCUT2D eigenvalue weighted by Crippen LogP contribution is 2.47. The minimum atomic E-state index is -1.22. The number of aromatic nitrogens is 1. The fraction of sp³-hybridized carbons (Fsp3) is 0.452. The number of aliphatic carboxylic acids is 1. The highest BCUT2D eigenvalue weighted by molar-refractivity contribution is 7.85. The van der Waals surface area contributed by atoms with Crippen LogP contribution in [0.5, 0.6) is 5.75 Å². The molecule has 38 heavy (non-hydrogen) atoms. The van der Waals surface area contributed by atoms with Crippen LogP contribution in [0.15, 0.2) is 30.3 Å². The number of benzene rings is 2. The number of phenols is 1. The lowest BCUT2D eigenvalue weighted by Crippen LogP contribution is -2.36. The van der Waals surface area contributed by atoms with Gasteiger partial charge in [-0.15, -0.1) is 12.8 Å². The van der Waals surface area contributed by atoms with Crippen molar-refractivity contribution in [3.8, 4) is 29.7 Å². The second-order valence-corrected chi connectivity index (χ2v) is 9.69. The number of hydrogen-bond donors (Lipinski definition) is 2. The third-order valence-corrected chi connectivity index (χ3v) is 6.70. The third kappa shape index (κ3) is 7.41. The molecular formula is C31H46N2O4S. The van der Waals surface area contributed by atoms with Gasteiger partial charge in [0.15, 0.2) is 0 Å². The van der Waals surface area contributed by atoms with E-state index in [1.165, 1.54) is 6.42 Å². The average molecular weight is 543 g/mol. The minimum Gasteiger partial charge on any atom is -0.508 e. The van der Waals surface area contributed by atoms with Crippen molar-refractivity contribution < 1.29 is 19.2 Å². The zero-order valence-corrected chi connectivity index (χ0v) is 25.6. The molecule has 0 saturated carbocycles. The van der Waals surface area contributed by atoms with Crippen LogP contribution in [0, 0.1) is 26.7 Å². The first kappa shape index (κ1) is 34.8. The van der Waals surface area contributed by atoms with E-state index >= 15 is 0 Å². The van der Waals surface area contributed by atoms with E-state index in [2.05, 4.69) is 44.3 Å². The van der Waals surface area contributed by atoms with Crippen LogP contribution in [0.1, 0.15) is 77.7 Å². The average Bonchev–Trinajstić information content (AvgIpc) is 3.25. The Hall–Kier alpha value is -3.24. The third-order valence-electron chi connectivity index (χ3n) is 5.75. The summed E-state index contributed by atoms with van der Waals surface area (Å²) in [6, 6.07) is 9.07. The molecule has 2 atom stereocenters. The number of carboxylic acids is 1. The van der Waals surface area contributed by atoms with Gasteiger partial charge in [0.25, 0.3) is 0 Å². The first-order valence-electron chi connectivity index (χ1n) is 13.2. The predicted molar refractivity (Wildman–Crippen MR) is 165 cm³/mol. The van der Waals surface area contributed by atoms with Gasteiger partial charge in [-0.1, -0.05) is 60.1 Å². The molecule has 3 aromatic rings. The molecule has 4 rings (SSSR count). The lowest BCUT2D eigenvalue weighted by Gasteiger charge is -2.35. The minimum absolute atomic E-state index is 0.130. The van der Waals surface area contributed by atoms with E-state index in [1.54, 1.807) is 18.4 Å². The molecule has 1 aliphatic heterocycles. The van der Waals surface area contributed by atoms with Crippen molar-refractivity contribution in [2.45, 2.75) is 81.2 Å². The second-order valence-electron chi connectivity index (χ2n) is 8.40. The Balaban J connectivity index is 0.00000137. The number of aryl methyl sites for hydroxylation is 1. The molecule has 0 saturated heterocycles. The molecule has 1 aromatic heterocycles. The first-order valence-corrected chi connectivity index (χ1v) is 14.8. The normalized spacial score (nSPS) is 13.8. The lowest BCUT2D eigenvalue weighted by atomic mass is 9.89. The molecule has 0 spiro atoms. The van der Waals surface area contributed by atoms with Gasteiger partial charge < -0.3 is 14.8 Å². The number of aromatic hydroxyl groups is 1. The van der Waals surface area contributed by atoms with E-state index in [0.717, 1.165) is 39.0 Å². The summed E-state index contributed by atoms with van der Waals surface area (Å²) in [5.41, 5.74) is 6.20. The topological polar surface area (TPSA) is 82.8 Å². The molecular weight excluding hydrogens is 496 g/mol. The standard InChI is InChI=1S/C22H24N2O4S.C3H8.2C2H6.C2H2/c1-12-9-18-20(15-5-7-16(25)8-6-15)17(10-19(26)27)14(3)21-22(18)24(12)13(2)11-23(21)29(4)28;1-3-2;3*1-2/h5-9,13,25H,10-11H2,1-4H3,(H,26,27);3H2,1-2H3;2*1-2H3;1-2H. The van der Waals surface area contributed by atoms with Crippen LogP contribution in [0.4, 0.5) is 5.69 Å². The smallest absolute Gasteiger partial charge is 0.307 e. The first-order chi connectivity index (χ1) is 18.1. The Morgan fingerprint density at radius 2 is 1.58 bits per heavy atom. The molecule has 7 heteroatoms. The quantitative estimate of drug-likeness (QED) is 0.332. The maximum atomic E-state index is 12.6. The van der Waals surface area contributed by atoms with Gasteiger partial charge in [-0.05, 0) is 61.2 Å². The fourth-order valence-electron chi connectivity index (χ4n) is 4.61. The molecule has 1 aliphatic rings.